The standard InChI is InChI=1S/C10H8BrNO2/c11-10-2-1-9(14-10)7-12-5-3-8(13)4-6-12/h1-6H,7H2. The highest BCUT2D eigenvalue weighted by molar-refractivity contribution is 9.10. The first-order chi connectivity index (χ1) is 6.74. The third-order valence-electron chi connectivity index (χ3n) is 1.83. The van der Waals surface area contributed by atoms with Crippen molar-refractivity contribution >= 4 is 15.9 Å². The smallest absolute Gasteiger partial charge is 0.181 e. The topological polar surface area (TPSA) is 35.1 Å². The van der Waals surface area contributed by atoms with Crippen LogP contribution in [0.15, 0.2) is 50.5 Å². The summed E-state index contributed by atoms with van der Waals surface area (Å²) >= 11 is 3.23. The van der Waals surface area contributed by atoms with Gasteiger partial charge in [0, 0.05) is 24.5 Å². The van der Waals surface area contributed by atoms with Gasteiger partial charge in [0.25, 0.3) is 0 Å². The van der Waals surface area contributed by atoms with Crippen LogP contribution in [0.2, 0.25) is 0 Å². The van der Waals surface area contributed by atoms with Crippen LogP contribution < -0.4 is 5.43 Å². The van der Waals surface area contributed by atoms with E-state index in [9.17, 15) is 4.79 Å². The van der Waals surface area contributed by atoms with Crippen LogP contribution in [-0.2, 0) is 6.54 Å². The van der Waals surface area contributed by atoms with Gasteiger partial charge in [0.1, 0.15) is 5.76 Å². The van der Waals surface area contributed by atoms with Crippen molar-refractivity contribution in [2.24, 2.45) is 0 Å². The summed E-state index contributed by atoms with van der Waals surface area (Å²) in [5.74, 6) is 0.848. The first-order valence-electron chi connectivity index (χ1n) is 4.14. The lowest BCUT2D eigenvalue weighted by Gasteiger charge is -2.01. The zero-order valence-electron chi connectivity index (χ0n) is 7.31. The van der Waals surface area contributed by atoms with E-state index in [-0.39, 0.29) is 5.43 Å². The summed E-state index contributed by atoms with van der Waals surface area (Å²) in [7, 11) is 0. The molecule has 72 valence electrons. The first kappa shape index (κ1) is 9.27. The highest BCUT2D eigenvalue weighted by Crippen LogP contribution is 2.14. The van der Waals surface area contributed by atoms with Crippen LogP contribution in [-0.4, -0.2) is 4.57 Å². The maximum Gasteiger partial charge on any atom is 0.181 e. The summed E-state index contributed by atoms with van der Waals surface area (Å²) in [5, 5.41) is 0. The molecule has 2 rings (SSSR count). The summed E-state index contributed by atoms with van der Waals surface area (Å²) < 4.78 is 7.93. The van der Waals surface area contributed by atoms with Gasteiger partial charge in [0.05, 0.1) is 6.54 Å². The lowest BCUT2D eigenvalue weighted by Crippen LogP contribution is -2.03. The van der Waals surface area contributed by atoms with Crippen molar-refractivity contribution in [3.05, 3.63) is 57.3 Å². The molecule has 0 bridgehead atoms. The largest absolute Gasteiger partial charge is 0.452 e. The molecule has 0 amide bonds. The van der Waals surface area contributed by atoms with Crippen LogP contribution in [0.1, 0.15) is 5.76 Å². The number of pyridine rings is 1. The number of rotatable bonds is 2. The van der Waals surface area contributed by atoms with Crippen LogP contribution in [0.25, 0.3) is 0 Å². The van der Waals surface area contributed by atoms with E-state index < -0.39 is 0 Å². The van der Waals surface area contributed by atoms with E-state index in [0.717, 1.165) is 5.76 Å². The second-order valence-corrected chi connectivity index (χ2v) is 3.69. The Bertz CT molecular complexity index is 466. The maximum atomic E-state index is 10.8. The van der Waals surface area contributed by atoms with E-state index >= 15 is 0 Å². The van der Waals surface area contributed by atoms with E-state index in [4.69, 9.17) is 4.42 Å². The highest BCUT2D eigenvalue weighted by atomic mass is 79.9. The number of nitrogens with zero attached hydrogens (tertiary/aromatic N) is 1. The fourth-order valence-corrected chi connectivity index (χ4v) is 1.51. The van der Waals surface area contributed by atoms with Crippen molar-refractivity contribution in [3.63, 3.8) is 0 Å². The Hall–Kier alpha value is -1.29. The van der Waals surface area contributed by atoms with Gasteiger partial charge in [-0.2, -0.15) is 0 Å². The molecule has 2 aromatic rings. The minimum Gasteiger partial charge on any atom is -0.452 e. The summed E-state index contributed by atoms with van der Waals surface area (Å²) in [6.07, 6.45) is 3.47. The number of hydrogen-bond acceptors (Lipinski definition) is 2. The van der Waals surface area contributed by atoms with Crippen molar-refractivity contribution in [1.29, 1.82) is 0 Å². The van der Waals surface area contributed by atoms with Crippen molar-refractivity contribution in [1.82, 2.24) is 4.57 Å². The Labute approximate surface area is 89.1 Å². The lowest BCUT2D eigenvalue weighted by molar-refractivity contribution is 0.473. The van der Waals surface area contributed by atoms with Gasteiger partial charge in [-0.3, -0.25) is 4.79 Å². The Morgan fingerprint density at radius 2 is 1.93 bits per heavy atom. The van der Waals surface area contributed by atoms with Crippen LogP contribution in [0, 0.1) is 0 Å². The molecule has 3 nitrogen and oxygen atoms in total. The molecule has 4 heteroatoms. The molecule has 0 aliphatic heterocycles. The number of aromatic nitrogens is 1. The SMILES string of the molecule is O=c1ccn(Cc2ccc(Br)o2)cc1. The number of furan rings is 1. The lowest BCUT2D eigenvalue weighted by atomic mass is 10.4. The second-order valence-electron chi connectivity index (χ2n) is 2.91. The minimum absolute atomic E-state index is 0.0156. The predicted molar refractivity (Wildman–Crippen MR) is 56.2 cm³/mol. The molecule has 2 heterocycles. The second kappa shape index (κ2) is 3.84. The van der Waals surface area contributed by atoms with Crippen molar-refractivity contribution < 1.29 is 4.42 Å². The Kier molecular flexibility index (Phi) is 2.54. The molecule has 0 aliphatic rings. The highest BCUT2D eigenvalue weighted by Gasteiger charge is 1.98. The Balaban J connectivity index is 2.19. The van der Waals surface area contributed by atoms with Crippen LogP contribution in [0.3, 0.4) is 0 Å². The van der Waals surface area contributed by atoms with E-state index in [1.54, 1.807) is 12.4 Å². The minimum atomic E-state index is 0.0156. The fraction of sp³-hybridized carbons (Fsp3) is 0.100. The third-order valence-corrected chi connectivity index (χ3v) is 2.25. The van der Waals surface area contributed by atoms with Gasteiger partial charge in [-0.05, 0) is 28.1 Å². The molecule has 14 heavy (non-hydrogen) atoms. The fourth-order valence-electron chi connectivity index (χ4n) is 1.17. The van der Waals surface area contributed by atoms with E-state index in [1.165, 1.54) is 12.1 Å². The monoisotopic (exact) mass is 253 g/mol. The molecule has 0 fully saturated rings. The van der Waals surface area contributed by atoms with E-state index in [0.29, 0.717) is 11.2 Å². The van der Waals surface area contributed by atoms with Gasteiger partial charge < -0.3 is 8.98 Å². The predicted octanol–water partition coefficient (Wildman–Crippen LogP) is 2.25. The van der Waals surface area contributed by atoms with Gasteiger partial charge in [-0.25, -0.2) is 0 Å². The van der Waals surface area contributed by atoms with Gasteiger partial charge in [-0.15, -0.1) is 0 Å². The Morgan fingerprint density at radius 3 is 2.50 bits per heavy atom. The average molecular weight is 254 g/mol. The van der Waals surface area contributed by atoms with E-state index in [1.807, 2.05) is 16.7 Å². The van der Waals surface area contributed by atoms with Crippen molar-refractivity contribution in [3.8, 4) is 0 Å². The zero-order chi connectivity index (χ0) is 9.97. The summed E-state index contributed by atoms with van der Waals surface area (Å²) in [5.41, 5.74) is 0.0156. The van der Waals surface area contributed by atoms with Crippen molar-refractivity contribution in [2.45, 2.75) is 6.54 Å². The quantitative estimate of drug-likeness (QED) is 0.823. The molecule has 0 spiro atoms. The van der Waals surface area contributed by atoms with Crippen LogP contribution in [0.4, 0.5) is 0 Å². The molecule has 0 N–H and O–H groups in total. The average Bonchev–Trinajstić information content (AvgIpc) is 2.56. The number of hydrogen-bond donors (Lipinski definition) is 0. The molecule has 0 aromatic carbocycles. The molecular weight excluding hydrogens is 246 g/mol. The molecule has 2 aromatic heterocycles. The molecule has 0 unspecified atom stereocenters. The van der Waals surface area contributed by atoms with Gasteiger partial charge in [-0.1, -0.05) is 0 Å². The number of halogens is 1. The molecule has 0 saturated heterocycles. The van der Waals surface area contributed by atoms with Crippen molar-refractivity contribution in [2.75, 3.05) is 0 Å². The molecular formula is C10H8BrNO2. The summed E-state index contributed by atoms with van der Waals surface area (Å²) in [6, 6.07) is 6.79. The Morgan fingerprint density at radius 1 is 1.21 bits per heavy atom. The summed E-state index contributed by atoms with van der Waals surface area (Å²) in [4.78, 5) is 10.8. The molecule has 0 aliphatic carbocycles. The van der Waals surface area contributed by atoms with E-state index in [2.05, 4.69) is 15.9 Å². The van der Waals surface area contributed by atoms with Gasteiger partial charge in [0.15, 0.2) is 10.1 Å². The van der Waals surface area contributed by atoms with Crippen LogP contribution in [0.5, 0.6) is 0 Å². The summed E-state index contributed by atoms with van der Waals surface area (Å²) in [6.45, 7) is 0.631. The zero-order valence-corrected chi connectivity index (χ0v) is 8.90. The molecule has 0 atom stereocenters. The maximum absolute atomic E-state index is 10.8. The van der Waals surface area contributed by atoms with Crippen LogP contribution >= 0.6 is 15.9 Å². The molecule has 0 radical (unpaired) electrons. The normalized spacial score (nSPS) is 10.4. The van der Waals surface area contributed by atoms with Gasteiger partial charge >= 0.3 is 0 Å². The first-order valence-corrected chi connectivity index (χ1v) is 4.94. The molecule has 0 saturated carbocycles. The third kappa shape index (κ3) is 2.14. The van der Waals surface area contributed by atoms with Gasteiger partial charge in [0.2, 0.25) is 0 Å².